The minimum Gasteiger partial charge on any atom is -0.193 e. The van der Waals surface area contributed by atoms with Gasteiger partial charge in [-0.2, -0.15) is 5.26 Å². The van der Waals surface area contributed by atoms with Crippen LogP contribution in [0.4, 0.5) is 0 Å². The fourth-order valence-corrected chi connectivity index (χ4v) is 3.77. The zero-order valence-electron chi connectivity index (χ0n) is 14.6. The Morgan fingerprint density at radius 2 is 1.65 bits per heavy atom. The summed E-state index contributed by atoms with van der Waals surface area (Å²) in [7, 11) is 0. The minimum atomic E-state index is 0.660. The molecular formula is C22H31N. The topological polar surface area (TPSA) is 23.8 Å². The lowest BCUT2D eigenvalue weighted by Gasteiger charge is -2.26. The van der Waals surface area contributed by atoms with Gasteiger partial charge in [-0.25, -0.2) is 0 Å². The molecular weight excluding hydrogens is 278 g/mol. The Hall–Kier alpha value is -1.55. The zero-order valence-corrected chi connectivity index (χ0v) is 14.6. The third kappa shape index (κ3) is 6.61. The molecule has 0 atom stereocenters. The Labute approximate surface area is 142 Å². The molecule has 0 amide bonds. The second-order valence-corrected chi connectivity index (χ2v) is 7.08. The predicted octanol–water partition coefficient (Wildman–Crippen LogP) is 6.24. The Morgan fingerprint density at radius 1 is 1.00 bits per heavy atom. The van der Waals surface area contributed by atoms with E-state index in [9.17, 15) is 0 Å². The monoisotopic (exact) mass is 309 g/mol. The predicted molar refractivity (Wildman–Crippen MR) is 98.2 cm³/mol. The first-order chi connectivity index (χ1) is 11.3. The van der Waals surface area contributed by atoms with Crippen molar-refractivity contribution < 1.29 is 0 Å². The lowest BCUT2D eigenvalue weighted by Crippen LogP contribution is -2.13. The lowest BCUT2D eigenvalue weighted by molar-refractivity contribution is 0.289. The Kier molecular flexibility index (Phi) is 7.95. The van der Waals surface area contributed by atoms with Gasteiger partial charge in [-0.05, 0) is 67.9 Å². The van der Waals surface area contributed by atoms with Crippen molar-refractivity contribution in [1.29, 1.82) is 5.26 Å². The summed E-state index contributed by atoms with van der Waals surface area (Å²) in [4.78, 5) is 0. The van der Waals surface area contributed by atoms with Crippen molar-refractivity contribution in [3.63, 3.8) is 0 Å². The summed E-state index contributed by atoms with van der Waals surface area (Å²) in [5, 5.41) is 8.59. The summed E-state index contributed by atoms with van der Waals surface area (Å²) in [6, 6.07) is 11.3. The van der Waals surface area contributed by atoms with Crippen molar-refractivity contribution in [1.82, 2.24) is 0 Å². The normalized spacial score (nSPS) is 21.4. The molecule has 1 saturated carbocycles. The van der Waals surface area contributed by atoms with Gasteiger partial charge in [0.2, 0.25) is 0 Å². The van der Waals surface area contributed by atoms with E-state index >= 15 is 0 Å². The standard InChI is InChI=1S/C22H31N/c1-2-6-19-10-12-20(13-11-19)7-3-4-8-21-14-16-22(17-15-21)9-5-18-23/h5,9-13,21-22H,2-4,6-8,14-17H2,1H3/b9-5+. The highest BCUT2D eigenvalue weighted by Gasteiger charge is 2.18. The number of benzene rings is 1. The number of aryl methyl sites for hydroxylation is 2. The third-order valence-corrected chi connectivity index (χ3v) is 5.22. The molecule has 1 aromatic rings. The van der Waals surface area contributed by atoms with Gasteiger partial charge in [-0.1, -0.05) is 56.5 Å². The summed E-state index contributed by atoms with van der Waals surface area (Å²) >= 11 is 0. The first kappa shape index (κ1) is 17.8. The molecule has 2 rings (SSSR count). The highest BCUT2D eigenvalue weighted by Crippen LogP contribution is 2.32. The highest BCUT2D eigenvalue weighted by atomic mass is 14.3. The molecule has 1 heteroatoms. The molecule has 0 unspecified atom stereocenters. The molecule has 0 radical (unpaired) electrons. The quantitative estimate of drug-likeness (QED) is 0.412. The Balaban J connectivity index is 1.59. The number of allylic oxidation sites excluding steroid dienone is 2. The van der Waals surface area contributed by atoms with Gasteiger partial charge in [0.1, 0.15) is 0 Å². The highest BCUT2D eigenvalue weighted by molar-refractivity contribution is 5.22. The Bertz CT molecular complexity index is 498. The van der Waals surface area contributed by atoms with Crippen LogP contribution in [-0.4, -0.2) is 0 Å². The number of nitriles is 1. The van der Waals surface area contributed by atoms with E-state index in [0.29, 0.717) is 5.92 Å². The van der Waals surface area contributed by atoms with Gasteiger partial charge in [0.25, 0.3) is 0 Å². The summed E-state index contributed by atoms with van der Waals surface area (Å²) < 4.78 is 0. The van der Waals surface area contributed by atoms with Crippen molar-refractivity contribution in [2.24, 2.45) is 11.8 Å². The maximum Gasteiger partial charge on any atom is 0.0908 e. The summed E-state index contributed by atoms with van der Waals surface area (Å²) in [6.07, 6.45) is 16.8. The molecule has 1 nitrogen and oxygen atoms in total. The maximum absolute atomic E-state index is 8.59. The van der Waals surface area contributed by atoms with E-state index in [4.69, 9.17) is 5.26 Å². The lowest BCUT2D eigenvalue weighted by atomic mass is 9.79. The maximum atomic E-state index is 8.59. The van der Waals surface area contributed by atoms with Gasteiger partial charge in [0.15, 0.2) is 0 Å². The van der Waals surface area contributed by atoms with Crippen LogP contribution in [0.1, 0.15) is 69.4 Å². The number of nitrogens with zero attached hydrogens (tertiary/aromatic N) is 1. The van der Waals surface area contributed by atoms with Crippen LogP contribution in [0.25, 0.3) is 0 Å². The first-order valence-corrected chi connectivity index (χ1v) is 9.46. The van der Waals surface area contributed by atoms with E-state index in [-0.39, 0.29) is 0 Å². The smallest absolute Gasteiger partial charge is 0.0908 e. The van der Waals surface area contributed by atoms with Crippen LogP contribution in [0.5, 0.6) is 0 Å². The largest absolute Gasteiger partial charge is 0.193 e. The van der Waals surface area contributed by atoms with Gasteiger partial charge >= 0.3 is 0 Å². The SMILES string of the molecule is CCCc1ccc(CCCCC2CCC(/C=C/C#N)CC2)cc1. The van der Waals surface area contributed by atoms with E-state index in [1.807, 2.05) is 0 Å². The van der Waals surface area contributed by atoms with E-state index in [0.717, 1.165) is 5.92 Å². The molecule has 0 N–H and O–H groups in total. The number of rotatable bonds is 8. The van der Waals surface area contributed by atoms with Gasteiger partial charge in [0.05, 0.1) is 6.07 Å². The van der Waals surface area contributed by atoms with Crippen molar-refractivity contribution >= 4 is 0 Å². The van der Waals surface area contributed by atoms with E-state index < -0.39 is 0 Å². The zero-order chi connectivity index (χ0) is 16.3. The van der Waals surface area contributed by atoms with Gasteiger partial charge in [-0.15, -0.1) is 0 Å². The second kappa shape index (κ2) is 10.3. The third-order valence-electron chi connectivity index (χ3n) is 5.22. The first-order valence-electron chi connectivity index (χ1n) is 9.46. The number of hydrogen-bond donors (Lipinski definition) is 0. The molecule has 1 fully saturated rings. The van der Waals surface area contributed by atoms with Crippen molar-refractivity contribution in [3.8, 4) is 6.07 Å². The molecule has 0 heterocycles. The summed E-state index contributed by atoms with van der Waals surface area (Å²) in [5.41, 5.74) is 2.97. The molecule has 1 aliphatic carbocycles. The number of hydrogen-bond acceptors (Lipinski definition) is 1. The Morgan fingerprint density at radius 3 is 2.26 bits per heavy atom. The molecule has 0 aromatic heterocycles. The summed E-state index contributed by atoms with van der Waals surface area (Å²) in [5.74, 6) is 1.58. The van der Waals surface area contributed by atoms with Crippen LogP contribution >= 0.6 is 0 Å². The molecule has 1 aliphatic rings. The molecule has 0 saturated heterocycles. The molecule has 124 valence electrons. The van der Waals surface area contributed by atoms with Crippen LogP contribution in [0.2, 0.25) is 0 Å². The molecule has 0 bridgehead atoms. The van der Waals surface area contributed by atoms with Crippen molar-refractivity contribution in [3.05, 3.63) is 47.5 Å². The van der Waals surface area contributed by atoms with E-state index in [2.05, 4.69) is 43.3 Å². The summed E-state index contributed by atoms with van der Waals surface area (Å²) in [6.45, 7) is 2.24. The molecule has 0 spiro atoms. The van der Waals surface area contributed by atoms with Gasteiger partial charge < -0.3 is 0 Å². The molecule has 0 aliphatic heterocycles. The van der Waals surface area contributed by atoms with Crippen LogP contribution < -0.4 is 0 Å². The van der Waals surface area contributed by atoms with Crippen molar-refractivity contribution in [2.75, 3.05) is 0 Å². The van der Waals surface area contributed by atoms with Gasteiger partial charge in [-0.3, -0.25) is 0 Å². The minimum absolute atomic E-state index is 0.660. The molecule has 23 heavy (non-hydrogen) atoms. The average Bonchev–Trinajstić information content (AvgIpc) is 2.59. The van der Waals surface area contributed by atoms with Crippen LogP contribution in [0.15, 0.2) is 36.4 Å². The molecule has 1 aromatic carbocycles. The van der Waals surface area contributed by atoms with Crippen molar-refractivity contribution in [2.45, 2.75) is 71.1 Å². The number of unbranched alkanes of at least 4 members (excludes halogenated alkanes) is 1. The fourth-order valence-electron chi connectivity index (χ4n) is 3.77. The van der Waals surface area contributed by atoms with Gasteiger partial charge in [0, 0.05) is 6.08 Å². The second-order valence-electron chi connectivity index (χ2n) is 7.08. The van der Waals surface area contributed by atoms with Crippen LogP contribution in [0.3, 0.4) is 0 Å². The van der Waals surface area contributed by atoms with Crippen LogP contribution in [0, 0.1) is 23.2 Å². The van der Waals surface area contributed by atoms with E-state index in [1.54, 1.807) is 6.08 Å². The van der Waals surface area contributed by atoms with E-state index in [1.165, 1.54) is 75.3 Å². The average molecular weight is 309 g/mol. The fraction of sp³-hybridized carbons (Fsp3) is 0.591. The van der Waals surface area contributed by atoms with Crippen LogP contribution in [-0.2, 0) is 12.8 Å².